The van der Waals surface area contributed by atoms with Gasteiger partial charge in [-0.15, -0.1) is 0 Å². The van der Waals surface area contributed by atoms with E-state index in [1.165, 1.54) is 24.1 Å². The molecule has 10 heteroatoms. The van der Waals surface area contributed by atoms with Crippen molar-refractivity contribution in [3.05, 3.63) is 125 Å². The summed E-state index contributed by atoms with van der Waals surface area (Å²) in [6.07, 6.45) is 0.958. The molecule has 0 aliphatic rings. The molecule has 0 radical (unpaired) electrons. The predicted molar refractivity (Wildman–Crippen MR) is 173 cm³/mol. The van der Waals surface area contributed by atoms with E-state index in [1.54, 1.807) is 66.7 Å². The molecule has 1 N–H and O–H groups in total. The zero-order chi connectivity index (χ0) is 31.5. The number of hydrogen-bond donors (Lipinski definition) is 1. The Morgan fingerprint density at radius 3 is 2.05 bits per heavy atom. The summed E-state index contributed by atoms with van der Waals surface area (Å²) in [4.78, 5) is 29.6. The molecular weight excluding hydrogens is 598 g/mol. The highest BCUT2D eigenvalue weighted by atomic mass is 35.5. The van der Waals surface area contributed by atoms with Gasteiger partial charge < -0.3 is 15.0 Å². The molecule has 0 aliphatic carbocycles. The average molecular weight is 634 g/mol. The van der Waals surface area contributed by atoms with E-state index in [0.717, 1.165) is 21.9 Å². The van der Waals surface area contributed by atoms with Gasteiger partial charge in [0.25, 0.3) is 10.0 Å². The molecular formula is C34H36ClN3O5S. The number of anilines is 1. The largest absolute Gasteiger partial charge is 0.497 e. The van der Waals surface area contributed by atoms with Crippen LogP contribution < -0.4 is 14.4 Å². The highest BCUT2D eigenvalue weighted by Crippen LogP contribution is 2.27. The topological polar surface area (TPSA) is 96.0 Å². The van der Waals surface area contributed by atoms with Crippen molar-refractivity contribution >= 4 is 39.1 Å². The quantitative estimate of drug-likeness (QED) is 0.192. The number of methoxy groups -OCH3 is 1. The molecule has 4 aromatic carbocycles. The normalized spacial score (nSPS) is 11.8. The summed E-state index contributed by atoms with van der Waals surface area (Å²) in [6.45, 7) is 1.91. The monoisotopic (exact) mass is 633 g/mol. The van der Waals surface area contributed by atoms with Crippen LogP contribution >= 0.6 is 11.6 Å². The van der Waals surface area contributed by atoms with Crippen LogP contribution in [0.2, 0.25) is 5.02 Å². The van der Waals surface area contributed by atoms with Crippen molar-refractivity contribution in [2.24, 2.45) is 0 Å². The zero-order valence-electron chi connectivity index (χ0n) is 24.7. The molecule has 0 bridgehead atoms. The molecule has 0 saturated heterocycles. The minimum atomic E-state index is -4.17. The van der Waals surface area contributed by atoms with Crippen LogP contribution in [0, 0.1) is 0 Å². The van der Waals surface area contributed by atoms with Gasteiger partial charge in [-0.25, -0.2) is 8.42 Å². The van der Waals surface area contributed by atoms with Crippen LogP contribution in [0.3, 0.4) is 0 Å². The van der Waals surface area contributed by atoms with Gasteiger partial charge in [-0.2, -0.15) is 0 Å². The zero-order valence-corrected chi connectivity index (χ0v) is 26.3. The minimum absolute atomic E-state index is 0.0365. The predicted octanol–water partition coefficient (Wildman–Crippen LogP) is 5.71. The first-order valence-corrected chi connectivity index (χ1v) is 16.1. The molecule has 2 amide bonds. The lowest BCUT2D eigenvalue weighted by atomic mass is 10.0. The Morgan fingerprint density at radius 2 is 1.45 bits per heavy atom. The molecule has 0 aromatic heterocycles. The fourth-order valence-corrected chi connectivity index (χ4v) is 6.26. The maximum Gasteiger partial charge on any atom is 0.264 e. The van der Waals surface area contributed by atoms with E-state index in [-0.39, 0.29) is 29.5 Å². The van der Waals surface area contributed by atoms with Gasteiger partial charge in [-0.1, -0.05) is 79.2 Å². The first-order valence-electron chi connectivity index (χ1n) is 14.3. The first kappa shape index (κ1) is 32.6. The second-order valence-electron chi connectivity index (χ2n) is 10.2. The van der Waals surface area contributed by atoms with Crippen molar-refractivity contribution in [1.82, 2.24) is 10.2 Å². The summed E-state index contributed by atoms with van der Waals surface area (Å²) in [5.74, 6) is -0.320. The first-order chi connectivity index (χ1) is 21.2. The molecule has 230 valence electrons. The van der Waals surface area contributed by atoms with Crippen molar-refractivity contribution in [1.29, 1.82) is 0 Å². The lowest BCUT2D eigenvalue weighted by molar-refractivity contribution is -0.140. The number of benzene rings is 4. The third-order valence-corrected chi connectivity index (χ3v) is 9.10. The molecule has 0 spiro atoms. The summed E-state index contributed by atoms with van der Waals surface area (Å²) in [6, 6.07) is 29.9. The molecule has 8 nitrogen and oxygen atoms in total. The Labute approximate surface area is 264 Å². The standard InChI is InChI=1S/C34H36ClN3O5S/c1-3-22-36-34(40)32(23-26-10-6-4-7-11-26)37(24-27-14-16-28(35)17-15-27)33(39)25-38(29-18-20-30(43-2)21-19-29)44(41,42)31-12-8-5-9-13-31/h4-21,32H,3,22-25H2,1-2H3,(H,36,40)/t32-/m0/s1. The number of halogens is 1. The third kappa shape index (κ3) is 8.39. The number of nitrogens with one attached hydrogen (secondary N) is 1. The highest BCUT2D eigenvalue weighted by molar-refractivity contribution is 7.92. The summed E-state index contributed by atoms with van der Waals surface area (Å²) in [5, 5.41) is 3.47. The fraction of sp³-hybridized carbons (Fsp3) is 0.235. The highest BCUT2D eigenvalue weighted by Gasteiger charge is 2.34. The summed E-state index contributed by atoms with van der Waals surface area (Å²) < 4.78 is 34.3. The van der Waals surface area contributed by atoms with Crippen LogP contribution in [-0.2, 0) is 32.6 Å². The van der Waals surface area contributed by atoms with Crippen LogP contribution in [0.5, 0.6) is 5.75 Å². The van der Waals surface area contributed by atoms with E-state index in [2.05, 4.69) is 5.32 Å². The van der Waals surface area contributed by atoms with E-state index in [9.17, 15) is 18.0 Å². The summed E-state index contributed by atoms with van der Waals surface area (Å²) >= 11 is 6.13. The van der Waals surface area contributed by atoms with Gasteiger partial charge in [0.2, 0.25) is 11.8 Å². The van der Waals surface area contributed by atoms with Gasteiger partial charge in [0.15, 0.2) is 0 Å². The number of nitrogens with zero attached hydrogens (tertiary/aromatic N) is 2. The number of carbonyl (C=O) groups is 2. The molecule has 4 rings (SSSR count). The maximum absolute atomic E-state index is 14.4. The van der Waals surface area contributed by atoms with Gasteiger partial charge in [0.05, 0.1) is 17.7 Å². The Morgan fingerprint density at radius 1 is 0.841 bits per heavy atom. The lowest BCUT2D eigenvalue weighted by Crippen LogP contribution is -2.53. The Balaban J connectivity index is 1.78. The van der Waals surface area contributed by atoms with Crippen molar-refractivity contribution in [3.63, 3.8) is 0 Å². The molecule has 44 heavy (non-hydrogen) atoms. The van der Waals surface area contributed by atoms with Gasteiger partial charge in [-0.3, -0.25) is 13.9 Å². The summed E-state index contributed by atoms with van der Waals surface area (Å²) in [5.41, 5.74) is 1.89. The van der Waals surface area contributed by atoms with Crippen LogP contribution in [0.15, 0.2) is 114 Å². The number of amides is 2. The molecule has 0 saturated carbocycles. The number of ether oxygens (including phenoxy) is 1. The van der Waals surface area contributed by atoms with Gasteiger partial charge in [0.1, 0.15) is 18.3 Å². The lowest BCUT2D eigenvalue weighted by Gasteiger charge is -2.34. The second-order valence-corrected chi connectivity index (χ2v) is 12.5. The van der Waals surface area contributed by atoms with Crippen molar-refractivity contribution in [2.45, 2.75) is 37.2 Å². The van der Waals surface area contributed by atoms with Crippen molar-refractivity contribution in [3.8, 4) is 5.75 Å². The van der Waals surface area contributed by atoms with Crippen LogP contribution in [0.1, 0.15) is 24.5 Å². The number of sulfonamides is 1. The molecule has 0 fully saturated rings. The maximum atomic E-state index is 14.4. The number of carbonyl (C=O) groups excluding carboxylic acids is 2. The van der Waals surface area contributed by atoms with Crippen molar-refractivity contribution in [2.75, 3.05) is 24.5 Å². The van der Waals surface area contributed by atoms with E-state index in [0.29, 0.717) is 17.3 Å². The summed E-state index contributed by atoms with van der Waals surface area (Å²) in [7, 11) is -2.66. The number of rotatable bonds is 14. The number of hydrogen-bond acceptors (Lipinski definition) is 5. The molecule has 4 aromatic rings. The smallest absolute Gasteiger partial charge is 0.264 e. The van der Waals surface area contributed by atoms with E-state index < -0.39 is 28.5 Å². The second kappa shape index (κ2) is 15.4. The van der Waals surface area contributed by atoms with Gasteiger partial charge >= 0.3 is 0 Å². The van der Waals surface area contributed by atoms with Gasteiger partial charge in [0, 0.05) is 24.5 Å². The SMILES string of the molecule is CCCNC(=O)[C@H](Cc1ccccc1)N(Cc1ccc(Cl)cc1)C(=O)CN(c1ccc(OC)cc1)S(=O)(=O)c1ccccc1. The van der Waals surface area contributed by atoms with E-state index >= 15 is 0 Å². The Hall–Kier alpha value is -4.34. The average Bonchev–Trinajstić information content (AvgIpc) is 3.05. The molecule has 0 unspecified atom stereocenters. The van der Waals surface area contributed by atoms with E-state index in [4.69, 9.17) is 16.3 Å². The van der Waals surface area contributed by atoms with Crippen LogP contribution in [0.25, 0.3) is 0 Å². The minimum Gasteiger partial charge on any atom is -0.497 e. The Kier molecular flexibility index (Phi) is 11.4. The molecule has 1 atom stereocenters. The third-order valence-electron chi connectivity index (χ3n) is 7.06. The van der Waals surface area contributed by atoms with Crippen molar-refractivity contribution < 1.29 is 22.7 Å². The molecule has 0 heterocycles. The fourth-order valence-electron chi connectivity index (χ4n) is 4.70. The van der Waals surface area contributed by atoms with E-state index in [1.807, 2.05) is 37.3 Å². The Bertz CT molecular complexity index is 1620. The molecule has 0 aliphatic heterocycles. The van der Waals surface area contributed by atoms with Crippen LogP contribution in [0.4, 0.5) is 5.69 Å². The van der Waals surface area contributed by atoms with Crippen LogP contribution in [-0.4, -0.2) is 51.4 Å². The van der Waals surface area contributed by atoms with Gasteiger partial charge in [-0.05, 0) is 66.1 Å².